The summed E-state index contributed by atoms with van der Waals surface area (Å²) in [6.07, 6.45) is 24.9. The van der Waals surface area contributed by atoms with E-state index < -0.39 is 0 Å². The Morgan fingerprint density at radius 1 is 0.964 bits per heavy atom. The molecule has 0 saturated heterocycles. The number of aliphatic hydroxyl groups is 2. The third kappa shape index (κ3) is 18.2. The first-order valence-electron chi connectivity index (χ1n) is 8.90. The summed E-state index contributed by atoms with van der Waals surface area (Å²) >= 11 is 0. The molecule has 3 rings (SSSR count). The van der Waals surface area contributed by atoms with Gasteiger partial charge in [-0.1, -0.05) is 33.1 Å². The molecule has 0 bridgehead atoms. The summed E-state index contributed by atoms with van der Waals surface area (Å²) in [6.45, 7) is 17.4. The van der Waals surface area contributed by atoms with Crippen LogP contribution in [0.4, 0.5) is 0 Å². The minimum atomic E-state index is 0. The molecule has 2 nitrogen and oxygen atoms in total. The van der Waals surface area contributed by atoms with Crippen LogP contribution in [-0.4, -0.2) is 24.4 Å². The summed E-state index contributed by atoms with van der Waals surface area (Å²) in [5, 5.41) is 14.0. The van der Waals surface area contributed by atoms with Crippen LogP contribution in [0, 0.1) is 30.6 Å². The molecule has 2 N–H and O–H groups in total. The molecule has 3 aliphatic rings. The molecule has 0 saturated carbocycles. The van der Waals surface area contributed by atoms with E-state index >= 15 is 0 Å². The van der Waals surface area contributed by atoms with Crippen LogP contribution < -0.4 is 0 Å². The van der Waals surface area contributed by atoms with E-state index in [1.54, 1.807) is 0 Å². The normalized spacial score (nSPS) is 15.5. The Labute approximate surface area is 194 Å². The van der Waals surface area contributed by atoms with Crippen molar-refractivity contribution in [2.24, 2.45) is 5.41 Å². The zero-order chi connectivity index (χ0) is 21.7. The van der Waals surface area contributed by atoms with Crippen molar-refractivity contribution in [1.29, 1.82) is 0 Å². The molecular formula is C25H38O2Zr. The maximum absolute atomic E-state index is 7.00. The first-order chi connectivity index (χ1) is 12.9. The molecule has 0 heterocycles. The molecule has 0 amide bonds. The van der Waals surface area contributed by atoms with Crippen molar-refractivity contribution < 1.29 is 36.4 Å². The molecule has 0 aromatic rings. The number of hydrogen-bond donors (Lipinski definition) is 2. The van der Waals surface area contributed by atoms with Crippen molar-refractivity contribution >= 4 is 0 Å². The molecule has 0 radical (unpaired) electrons. The summed E-state index contributed by atoms with van der Waals surface area (Å²) in [5.74, 6) is 0. The van der Waals surface area contributed by atoms with E-state index in [1.165, 1.54) is 22.8 Å². The van der Waals surface area contributed by atoms with Gasteiger partial charge in [-0.05, 0) is 0 Å². The van der Waals surface area contributed by atoms with Gasteiger partial charge in [-0.15, -0.1) is 19.8 Å². The van der Waals surface area contributed by atoms with Crippen LogP contribution in [0.5, 0.6) is 0 Å². The smallest absolute Gasteiger partial charge is 0.400 e. The molecule has 3 heteroatoms. The van der Waals surface area contributed by atoms with Gasteiger partial charge in [0.25, 0.3) is 0 Å². The largest absolute Gasteiger partial charge is 4.00 e. The number of aliphatic hydroxyl groups excluding tert-OH is 2. The SMILES string of the molecule is C=C[CH2-].CC1=[C-]C(C)(C)C(C)=C1C.CO.CO.[C-]1=CC=CC1.[C-]1=CC=CC1.[Zr+4]. The third-order valence-electron chi connectivity index (χ3n) is 3.73. The first-order valence-corrected chi connectivity index (χ1v) is 8.90. The van der Waals surface area contributed by atoms with Gasteiger partial charge in [0.2, 0.25) is 0 Å². The van der Waals surface area contributed by atoms with Gasteiger partial charge in [0.1, 0.15) is 0 Å². The first kappa shape index (κ1) is 34.4. The van der Waals surface area contributed by atoms with Gasteiger partial charge in [0, 0.05) is 14.2 Å². The zero-order valence-corrected chi connectivity index (χ0v) is 21.2. The fraction of sp³-hybridized carbons (Fsp3) is 0.400. The van der Waals surface area contributed by atoms with Gasteiger partial charge in [-0.25, -0.2) is 49.5 Å². The molecule has 28 heavy (non-hydrogen) atoms. The molecule has 154 valence electrons. The number of rotatable bonds is 0. The predicted octanol–water partition coefficient (Wildman–Crippen LogP) is 5.94. The Hall–Kier alpha value is -1.15. The molecule has 0 aromatic carbocycles. The monoisotopic (exact) mass is 460 g/mol. The fourth-order valence-corrected chi connectivity index (χ4v) is 2.09. The second-order valence-electron chi connectivity index (χ2n) is 5.92. The van der Waals surface area contributed by atoms with Crippen LogP contribution >= 0.6 is 0 Å². The molecular weight excluding hydrogens is 423 g/mol. The van der Waals surface area contributed by atoms with E-state index in [-0.39, 0.29) is 31.6 Å². The summed E-state index contributed by atoms with van der Waals surface area (Å²) in [6, 6.07) is 0. The maximum Gasteiger partial charge on any atom is 4.00 e. The summed E-state index contributed by atoms with van der Waals surface area (Å²) in [5.41, 5.74) is 4.39. The van der Waals surface area contributed by atoms with E-state index in [0.29, 0.717) is 0 Å². The Morgan fingerprint density at radius 3 is 1.39 bits per heavy atom. The van der Waals surface area contributed by atoms with Crippen LogP contribution in [0.2, 0.25) is 0 Å². The second-order valence-corrected chi connectivity index (χ2v) is 5.92. The van der Waals surface area contributed by atoms with E-state index in [2.05, 4.69) is 78.5 Å². The number of allylic oxidation sites excluding steroid dienone is 13. The van der Waals surface area contributed by atoms with Crippen LogP contribution in [-0.2, 0) is 26.2 Å². The Balaban J connectivity index is -0.000000138. The van der Waals surface area contributed by atoms with Crippen molar-refractivity contribution in [2.75, 3.05) is 14.2 Å². The summed E-state index contributed by atoms with van der Waals surface area (Å²) in [4.78, 5) is 0. The topological polar surface area (TPSA) is 40.5 Å². The van der Waals surface area contributed by atoms with E-state index in [4.69, 9.17) is 10.2 Å². The van der Waals surface area contributed by atoms with Crippen molar-refractivity contribution in [3.63, 3.8) is 0 Å². The van der Waals surface area contributed by atoms with Crippen molar-refractivity contribution in [3.8, 4) is 0 Å². The zero-order valence-electron chi connectivity index (χ0n) is 18.8. The minimum Gasteiger partial charge on any atom is -0.400 e. The predicted molar refractivity (Wildman–Crippen MR) is 120 cm³/mol. The van der Waals surface area contributed by atoms with Crippen molar-refractivity contribution in [1.82, 2.24) is 0 Å². The Kier molecular flexibility index (Phi) is 29.3. The quantitative estimate of drug-likeness (QED) is 0.438. The van der Waals surface area contributed by atoms with Crippen LogP contribution in [0.15, 0.2) is 65.8 Å². The van der Waals surface area contributed by atoms with E-state index in [1.807, 2.05) is 24.3 Å². The van der Waals surface area contributed by atoms with E-state index in [0.717, 1.165) is 27.1 Å². The van der Waals surface area contributed by atoms with Crippen molar-refractivity contribution in [2.45, 2.75) is 47.5 Å². The van der Waals surface area contributed by atoms with Crippen LogP contribution in [0.1, 0.15) is 47.5 Å². The van der Waals surface area contributed by atoms with Crippen LogP contribution in [0.25, 0.3) is 0 Å². The van der Waals surface area contributed by atoms with Gasteiger partial charge in [-0.2, -0.15) is 23.3 Å². The van der Waals surface area contributed by atoms with Gasteiger partial charge in [0.15, 0.2) is 0 Å². The van der Waals surface area contributed by atoms with E-state index in [9.17, 15) is 0 Å². The molecule has 0 aromatic heterocycles. The number of hydrogen-bond acceptors (Lipinski definition) is 2. The Bertz CT molecular complexity index is 503. The van der Waals surface area contributed by atoms with Gasteiger partial charge < -0.3 is 10.2 Å². The summed E-state index contributed by atoms with van der Waals surface area (Å²) < 4.78 is 0. The Morgan fingerprint density at radius 2 is 1.32 bits per heavy atom. The molecule has 3 aliphatic carbocycles. The molecule has 0 unspecified atom stereocenters. The minimum absolute atomic E-state index is 0. The average molecular weight is 462 g/mol. The molecule has 0 fully saturated rings. The van der Waals surface area contributed by atoms with Gasteiger partial charge in [0.05, 0.1) is 0 Å². The fourth-order valence-electron chi connectivity index (χ4n) is 2.09. The van der Waals surface area contributed by atoms with Gasteiger partial charge >= 0.3 is 26.2 Å². The van der Waals surface area contributed by atoms with Gasteiger partial charge in [-0.3, -0.25) is 18.2 Å². The molecule has 0 spiro atoms. The van der Waals surface area contributed by atoms with Crippen molar-refractivity contribution in [3.05, 3.63) is 91.0 Å². The summed E-state index contributed by atoms with van der Waals surface area (Å²) in [7, 11) is 2.00. The average Bonchev–Trinajstić information content (AvgIpc) is 3.44. The second kappa shape index (κ2) is 23.9. The molecule has 0 aliphatic heterocycles. The van der Waals surface area contributed by atoms with Crippen LogP contribution in [0.3, 0.4) is 0 Å². The molecule has 0 atom stereocenters. The maximum atomic E-state index is 7.00. The third-order valence-corrected chi connectivity index (χ3v) is 3.73. The standard InChI is InChI=1S/C10H15.2C5H5.C3H5.2CH4O.Zr/c1-7-6-10(4,5)9(3)8(7)2;2*1-2-4-5-3-1;1-3-2;2*1-2;/h1-5H3;2*1-3H,4H2;3H,1-2H2;2*2H,1H3;/q4*-1;;;+4.